The number of aliphatic hydroxyl groups excluding tert-OH is 1. The number of fused-ring (bicyclic) bond motifs is 1. The maximum absolute atomic E-state index is 12.9. The lowest BCUT2D eigenvalue weighted by Crippen LogP contribution is -2.52. The molecule has 7 nitrogen and oxygen atoms in total. The van der Waals surface area contributed by atoms with Gasteiger partial charge >= 0.3 is 0 Å². The van der Waals surface area contributed by atoms with E-state index in [0.29, 0.717) is 30.0 Å². The summed E-state index contributed by atoms with van der Waals surface area (Å²) >= 11 is 0. The highest BCUT2D eigenvalue weighted by atomic mass is 16.3. The van der Waals surface area contributed by atoms with Crippen LogP contribution >= 0.6 is 0 Å². The van der Waals surface area contributed by atoms with Crippen molar-refractivity contribution in [3.8, 4) is 0 Å². The predicted molar refractivity (Wildman–Crippen MR) is 86.4 cm³/mol. The van der Waals surface area contributed by atoms with Gasteiger partial charge in [-0.15, -0.1) is 0 Å². The molecule has 0 aromatic carbocycles. The van der Waals surface area contributed by atoms with Crippen LogP contribution in [0.1, 0.15) is 29.4 Å². The number of hydrogen-bond donors (Lipinski definition) is 1. The molecule has 1 amide bonds. The Kier molecular flexibility index (Phi) is 4.58. The molecule has 0 saturated carbocycles. The summed E-state index contributed by atoms with van der Waals surface area (Å²) in [6.07, 6.45) is 4.40. The van der Waals surface area contributed by atoms with E-state index in [1.54, 1.807) is 23.0 Å². The number of amides is 1. The van der Waals surface area contributed by atoms with Gasteiger partial charge in [0.1, 0.15) is 5.56 Å². The maximum Gasteiger partial charge on any atom is 0.259 e. The molecule has 1 saturated heterocycles. The van der Waals surface area contributed by atoms with E-state index in [0.717, 1.165) is 19.5 Å². The third kappa shape index (κ3) is 2.94. The van der Waals surface area contributed by atoms with Crippen LogP contribution in [0, 0.1) is 6.92 Å². The maximum atomic E-state index is 12.9. The number of hydrogen-bond acceptors (Lipinski definition) is 5. The van der Waals surface area contributed by atoms with Gasteiger partial charge in [0.2, 0.25) is 0 Å². The molecule has 3 rings (SSSR count). The average molecular weight is 317 g/mol. The minimum absolute atomic E-state index is 0.00658. The molecule has 2 aromatic heterocycles. The van der Waals surface area contributed by atoms with Crippen LogP contribution in [0.4, 0.5) is 0 Å². The summed E-state index contributed by atoms with van der Waals surface area (Å²) in [5, 5.41) is 13.8. The van der Waals surface area contributed by atoms with Crippen LogP contribution in [-0.2, 0) is 0 Å². The van der Waals surface area contributed by atoms with Crippen LogP contribution in [0.5, 0.6) is 0 Å². The van der Waals surface area contributed by atoms with E-state index < -0.39 is 0 Å². The Morgan fingerprint density at radius 2 is 2.09 bits per heavy atom. The molecule has 0 aliphatic carbocycles. The van der Waals surface area contributed by atoms with E-state index in [1.807, 2.05) is 11.8 Å². The first kappa shape index (κ1) is 15.9. The van der Waals surface area contributed by atoms with Crippen LogP contribution < -0.4 is 0 Å². The Morgan fingerprint density at radius 3 is 2.74 bits per heavy atom. The zero-order chi connectivity index (χ0) is 16.4. The molecule has 1 N–H and O–H groups in total. The number of carbonyl (C=O) groups is 1. The highest BCUT2D eigenvalue weighted by Gasteiger charge is 2.28. The quantitative estimate of drug-likeness (QED) is 0.892. The van der Waals surface area contributed by atoms with E-state index in [4.69, 9.17) is 0 Å². The van der Waals surface area contributed by atoms with Crippen LogP contribution in [0.25, 0.3) is 5.65 Å². The summed E-state index contributed by atoms with van der Waals surface area (Å²) in [7, 11) is 0. The molecular weight excluding hydrogens is 294 g/mol. The fraction of sp³-hybridized carbons (Fsp3) is 0.562. The Labute approximate surface area is 135 Å². The van der Waals surface area contributed by atoms with Gasteiger partial charge in [-0.2, -0.15) is 5.10 Å². The molecule has 1 fully saturated rings. The molecule has 1 unspecified atom stereocenters. The monoisotopic (exact) mass is 317 g/mol. The van der Waals surface area contributed by atoms with Gasteiger partial charge < -0.3 is 10.0 Å². The fourth-order valence-electron chi connectivity index (χ4n) is 3.20. The molecule has 3 heterocycles. The van der Waals surface area contributed by atoms with Crippen molar-refractivity contribution in [1.29, 1.82) is 0 Å². The van der Waals surface area contributed by atoms with Crippen molar-refractivity contribution in [3.63, 3.8) is 0 Å². The number of nitrogens with zero attached hydrogens (tertiary/aromatic N) is 5. The Morgan fingerprint density at radius 1 is 1.35 bits per heavy atom. The lowest BCUT2D eigenvalue weighted by Gasteiger charge is -2.38. The molecular formula is C16H23N5O2. The van der Waals surface area contributed by atoms with Crippen LogP contribution in [0.15, 0.2) is 18.5 Å². The van der Waals surface area contributed by atoms with Gasteiger partial charge in [0.05, 0.1) is 12.3 Å². The average Bonchev–Trinajstić information content (AvgIpc) is 2.91. The van der Waals surface area contributed by atoms with Gasteiger partial charge in [-0.1, -0.05) is 6.92 Å². The van der Waals surface area contributed by atoms with Gasteiger partial charge in [-0.05, 0) is 19.4 Å². The first-order valence-corrected chi connectivity index (χ1v) is 8.09. The van der Waals surface area contributed by atoms with E-state index in [2.05, 4.69) is 21.9 Å². The van der Waals surface area contributed by atoms with Crippen molar-refractivity contribution in [3.05, 3.63) is 29.7 Å². The van der Waals surface area contributed by atoms with E-state index in [1.165, 1.54) is 0 Å². The van der Waals surface area contributed by atoms with Crippen LogP contribution in [0.3, 0.4) is 0 Å². The summed E-state index contributed by atoms with van der Waals surface area (Å²) in [5.41, 5.74) is 1.91. The Hall–Kier alpha value is -1.99. The predicted octanol–water partition coefficient (Wildman–Crippen LogP) is 0.566. The smallest absolute Gasteiger partial charge is 0.259 e. The summed E-state index contributed by atoms with van der Waals surface area (Å²) in [5.74, 6) is -0.00658. The number of piperazine rings is 1. The number of aliphatic hydroxyl groups is 1. The van der Waals surface area contributed by atoms with E-state index in [-0.39, 0.29) is 18.6 Å². The lowest BCUT2D eigenvalue weighted by atomic mass is 10.1. The third-order valence-electron chi connectivity index (χ3n) is 4.58. The fourth-order valence-corrected chi connectivity index (χ4v) is 3.20. The van der Waals surface area contributed by atoms with Crippen molar-refractivity contribution >= 4 is 11.6 Å². The second-order valence-electron chi connectivity index (χ2n) is 5.92. The SMILES string of the molecule is CCC(CO)N1CCN(C(=O)c2c(C)nn3cccnc23)CC1. The summed E-state index contributed by atoms with van der Waals surface area (Å²) < 4.78 is 1.65. The Balaban J connectivity index is 1.76. The summed E-state index contributed by atoms with van der Waals surface area (Å²) in [4.78, 5) is 21.3. The number of rotatable bonds is 4. The van der Waals surface area contributed by atoms with Gasteiger partial charge in [-0.3, -0.25) is 9.69 Å². The molecule has 2 aromatic rings. The van der Waals surface area contributed by atoms with Crippen molar-refractivity contribution in [2.24, 2.45) is 0 Å². The van der Waals surface area contributed by atoms with Crippen molar-refractivity contribution in [2.45, 2.75) is 26.3 Å². The zero-order valence-electron chi connectivity index (χ0n) is 13.6. The topological polar surface area (TPSA) is 74.0 Å². The first-order valence-electron chi connectivity index (χ1n) is 8.09. The van der Waals surface area contributed by atoms with Crippen LogP contribution in [-0.4, -0.2) is 74.2 Å². The highest BCUT2D eigenvalue weighted by molar-refractivity contribution is 6.01. The lowest BCUT2D eigenvalue weighted by molar-refractivity contribution is 0.0473. The third-order valence-corrected chi connectivity index (χ3v) is 4.58. The first-order chi connectivity index (χ1) is 11.2. The largest absolute Gasteiger partial charge is 0.395 e. The molecule has 1 atom stereocenters. The second kappa shape index (κ2) is 6.64. The minimum Gasteiger partial charge on any atom is -0.395 e. The highest BCUT2D eigenvalue weighted by Crippen LogP contribution is 2.17. The van der Waals surface area contributed by atoms with Crippen molar-refractivity contribution < 1.29 is 9.90 Å². The molecule has 124 valence electrons. The van der Waals surface area contributed by atoms with Crippen molar-refractivity contribution in [1.82, 2.24) is 24.4 Å². The molecule has 23 heavy (non-hydrogen) atoms. The molecule has 0 bridgehead atoms. The Bertz CT molecular complexity index is 687. The summed E-state index contributed by atoms with van der Waals surface area (Å²) in [6, 6.07) is 1.99. The normalized spacial score (nSPS) is 17.6. The van der Waals surface area contributed by atoms with Crippen LogP contribution in [0.2, 0.25) is 0 Å². The summed E-state index contributed by atoms with van der Waals surface area (Å²) in [6.45, 7) is 7.00. The standard InChI is InChI=1S/C16H23N5O2/c1-3-13(11-22)19-7-9-20(10-8-19)16(23)14-12(2)18-21-6-4-5-17-15(14)21/h4-6,13,22H,3,7-11H2,1-2H3. The molecule has 0 spiro atoms. The molecule has 0 radical (unpaired) electrons. The van der Waals surface area contributed by atoms with Gasteiger partial charge in [0.25, 0.3) is 5.91 Å². The van der Waals surface area contributed by atoms with Gasteiger partial charge in [0.15, 0.2) is 5.65 Å². The van der Waals surface area contributed by atoms with E-state index >= 15 is 0 Å². The number of aryl methyl sites for hydroxylation is 1. The minimum atomic E-state index is -0.00658. The number of carbonyl (C=O) groups excluding carboxylic acids is 1. The molecule has 7 heteroatoms. The van der Waals surface area contributed by atoms with Gasteiger partial charge in [-0.25, -0.2) is 9.50 Å². The molecule has 1 aliphatic rings. The molecule has 1 aliphatic heterocycles. The zero-order valence-corrected chi connectivity index (χ0v) is 13.6. The number of aromatic nitrogens is 3. The van der Waals surface area contributed by atoms with Gasteiger partial charge in [0, 0.05) is 44.6 Å². The van der Waals surface area contributed by atoms with E-state index in [9.17, 15) is 9.90 Å². The van der Waals surface area contributed by atoms with Crippen molar-refractivity contribution in [2.75, 3.05) is 32.8 Å². The second-order valence-corrected chi connectivity index (χ2v) is 5.92.